The second-order valence-electron chi connectivity index (χ2n) is 6.65. The van der Waals surface area contributed by atoms with Crippen LogP contribution in [0.5, 0.6) is 0 Å². The fraction of sp³-hybridized carbons (Fsp3) is 0.562. The van der Waals surface area contributed by atoms with Crippen molar-refractivity contribution in [3.63, 3.8) is 0 Å². The number of rotatable bonds is 3. The van der Waals surface area contributed by atoms with E-state index in [-0.39, 0.29) is 12.2 Å². The highest BCUT2D eigenvalue weighted by atomic mass is 32.1. The van der Waals surface area contributed by atoms with Crippen LogP contribution in [-0.2, 0) is 4.74 Å². The van der Waals surface area contributed by atoms with E-state index in [1.807, 2.05) is 0 Å². The number of ether oxygens (including phenoxy) is 1. The molecule has 2 aliphatic heterocycles. The van der Waals surface area contributed by atoms with E-state index < -0.39 is 5.82 Å². The Hall–Kier alpha value is -1.60. The fourth-order valence-corrected chi connectivity index (χ4v) is 4.52. The summed E-state index contributed by atoms with van der Waals surface area (Å²) in [4.78, 5) is 15.0. The van der Waals surface area contributed by atoms with Crippen molar-refractivity contribution in [2.75, 3.05) is 18.0 Å². The first kappa shape index (κ1) is 13.8. The zero-order valence-electron chi connectivity index (χ0n) is 12.6. The van der Waals surface area contributed by atoms with Gasteiger partial charge in [-0.15, -0.1) is 11.3 Å². The highest BCUT2D eigenvalue weighted by Gasteiger charge is 2.44. The molecule has 3 atom stereocenters. The van der Waals surface area contributed by atoms with Gasteiger partial charge in [0.2, 0.25) is 5.95 Å². The Morgan fingerprint density at radius 2 is 2.04 bits per heavy atom. The first-order chi connectivity index (χ1) is 11.3. The van der Waals surface area contributed by atoms with Crippen molar-refractivity contribution in [1.82, 2.24) is 15.0 Å². The number of thiazole rings is 1. The van der Waals surface area contributed by atoms with Gasteiger partial charge in [0.1, 0.15) is 11.1 Å². The minimum absolute atomic E-state index is 0.138. The lowest BCUT2D eigenvalue weighted by molar-refractivity contribution is 0.0487. The maximum atomic E-state index is 12.9. The maximum Gasteiger partial charge on any atom is 0.225 e. The summed E-state index contributed by atoms with van der Waals surface area (Å²) < 4.78 is 19.2. The Labute approximate surface area is 137 Å². The van der Waals surface area contributed by atoms with E-state index in [2.05, 4.69) is 20.2 Å². The van der Waals surface area contributed by atoms with E-state index in [1.165, 1.54) is 30.9 Å². The minimum atomic E-state index is -0.403. The van der Waals surface area contributed by atoms with Gasteiger partial charge in [0, 0.05) is 30.3 Å². The van der Waals surface area contributed by atoms with Crippen LogP contribution in [0, 0.1) is 11.7 Å². The number of aromatic nitrogens is 3. The SMILES string of the molecule is Fc1cnc(N2C[C@@H]3C[C@@H](c4nc(C5CC5)cs4)O[C@@H]3C2)nc1. The number of hydrogen-bond acceptors (Lipinski definition) is 6. The first-order valence-corrected chi connectivity index (χ1v) is 8.97. The molecular weight excluding hydrogens is 315 g/mol. The van der Waals surface area contributed by atoms with Crippen LogP contribution in [0.3, 0.4) is 0 Å². The lowest BCUT2D eigenvalue weighted by Crippen LogP contribution is -2.25. The Kier molecular flexibility index (Phi) is 3.12. The monoisotopic (exact) mass is 332 g/mol. The Balaban J connectivity index is 1.26. The number of anilines is 1. The third-order valence-corrected chi connectivity index (χ3v) is 5.89. The Morgan fingerprint density at radius 1 is 1.22 bits per heavy atom. The van der Waals surface area contributed by atoms with Crippen LogP contribution < -0.4 is 4.90 Å². The summed E-state index contributed by atoms with van der Waals surface area (Å²) in [5.74, 6) is 1.36. The molecule has 2 saturated heterocycles. The molecule has 0 radical (unpaired) electrons. The summed E-state index contributed by atoms with van der Waals surface area (Å²) in [6.45, 7) is 1.64. The van der Waals surface area contributed by atoms with Gasteiger partial charge in [-0.25, -0.2) is 19.3 Å². The lowest BCUT2D eigenvalue weighted by Gasteiger charge is -2.18. The fourth-order valence-electron chi connectivity index (χ4n) is 3.57. The molecule has 0 unspecified atom stereocenters. The number of fused-ring (bicyclic) bond motifs is 1. The van der Waals surface area contributed by atoms with Crippen LogP contribution in [0.1, 0.15) is 42.0 Å². The topological polar surface area (TPSA) is 51.1 Å². The van der Waals surface area contributed by atoms with Crippen LogP contribution in [0.15, 0.2) is 17.8 Å². The quantitative estimate of drug-likeness (QED) is 0.865. The average molecular weight is 332 g/mol. The minimum Gasteiger partial charge on any atom is -0.366 e. The third-order valence-electron chi connectivity index (χ3n) is 4.94. The van der Waals surface area contributed by atoms with Gasteiger partial charge in [0.25, 0.3) is 0 Å². The van der Waals surface area contributed by atoms with Crippen molar-refractivity contribution in [1.29, 1.82) is 0 Å². The third kappa shape index (κ3) is 2.52. The molecule has 0 spiro atoms. The zero-order valence-corrected chi connectivity index (χ0v) is 13.4. The van der Waals surface area contributed by atoms with Gasteiger partial charge in [-0.2, -0.15) is 0 Å². The van der Waals surface area contributed by atoms with Crippen LogP contribution in [-0.4, -0.2) is 34.1 Å². The summed E-state index contributed by atoms with van der Waals surface area (Å²) in [6, 6.07) is 0. The summed E-state index contributed by atoms with van der Waals surface area (Å²) in [5, 5.41) is 3.33. The predicted molar refractivity (Wildman–Crippen MR) is 84.0 cm³/mol. The van der Waals surface area contributed by atoms with Gasteiger partial charge in [-0.3, -0.25) is 0 Å². The van der Waals surface area contributed by atoms with Crippen molar-refractivity contribution in [2.24, 2.45) is 5.92 Å². The van der Waals surface area contributed by atoms with Crippen LogP contribution in [0.25, 0.3) is 0 Å². The second-order valence-corrected chi connectivity index (χ2v) is 7.54. The van der Waals surface area contributed by atoms with Gasteiger partial charge in [0.05, 0.1) is 24.2 Å². The van der Waals surface area contributed by atoms with E-state index >= 15 is 0 Å². The Bertz CT molecular complexity index is 703. The smallest absolute Gasteiger partial charge is 0.225 e. The summed E-state index contributed by atoms with van der Waals surface area (Å²) in [6.07, 6.45) is 6.34. The number of nitrogens with zero attached hydrogens (tertiary/aromatic N) is 4. The van der Waals surface area contributed by atoms with Gasteiger partial charge in [0.15, 0.2) is 5.82 Å². The molecule has 4 heterocycles. The highest BCUT2D eigenvalue weighted by molar-refractivity contribution is 7.09. The Morgan fingerprint density at radius 3 is 2.78 bits per heavy atom. The predicted octanol–water partition coefficient (Wildman–Crippen LogP) is 2.92. The van der Waals surface area contributed by atoms with Crippen molar-refractivity contribution in [3.05, 3.63) is 34.3 Å². The molecule has 23 heavy (non-hydrogen) atoms. The highest BCUT2D eigenvalue weighted by Crippen LogP contribution is 2.45. The first-order valence-electron chi connectivity index (χ1n) is 8.09. The zero-order chi connectivity index (χ0) is 15.4. The lowest BCUT2D eigenvalue weighted by atomic mass is 10.0. The van der Waals surface area contributed by atoms with Crippen molar-refractivity contribution in [3.8, 4) is 0 Å². The number of hydrogen-bond donors (Lipinski definition) is 0. The molecule has 5 nitrogen and oxygen atoms in total. The normalized spacial score (nSPS) is 30.0. The van der Waals surface area contributed by atoms with Gasteiger partial charge in [-0.1, -0.05) is 0 Å². The van der Waals surface area contributed by atoms with Gasteiger partial charge >= 0.3 is 0 Å². The van der Waals surface area contributed by atoms with Gasteiger partial charge < -0.3 is 9.64 Å². The van der Waals surface area contributed by atoms with Crippen LogP contribution in [0.2, 0.25) is 0 Å². The molecule has 0 bridgehead atoms. The molecule has 0 amide bonds. The molecule has 120 valence electrons. The van der Waals surface area contributed by atoms with E-state index in [9.17, 15) is 4.39 Å². The largest absolute Gasteiger partial charge is 0.366 e. The summed E-state index contributed by atoms with van der Waals surface area (Å²) >= 11 is 1.74. The van der Waals surface area contributed by atoms with Crippen molar-refractivity contribution < 1.29 is 9.13 Å². The maximum absolute atomic E-state index is 12.9. The molecule has 1 aliphatic carbocycles. The number of halogens is 1. The molecule has 1 saturated carbocycles. The molecule has 2 aromatic rings. The molecule has 3 fully saturated rings. The van der Waals surface area contributed by atoms with E-state index in [0.717, 1.165) is 24.5 Å². The molecule has 0 aromatic carbocycles. The van der Waals surface area contributed by atoms with Gasteiger partial charge in [-0.05, 0) is 19.3 Å². The van der Waals surface area contributed by atoms with E-state index in [4.69, 9.17) is 9.72 Å². The molecule has 5 rings (SSSR count). The standard InChI is InChI=1S/C16H17FN4OS/c17-11-4-18-16(19-5-11)21-6-10-3-13(22-14(10)7-21)15-20-12(8-23-15)9-1-2-9/h4-5,8-10,13-14H,1-3,6-7H2/t10-,13-,14+/m0/s1. The van der Waals surface area contributed by atoms with Crippen molar-refractivity contribution in [2.45, 2.75) is 37.4 Å². The molecular formula is C16H17FN4OS. The van der Waals surface area contributed by atoms with Crippen LogP contribution >= 0.6 is 11.3 Å². The molecule has 0 N–H and O–H groups in total. The summed E-state index contributed by atoms with van der Waals surface area (Å²) in [5.41, 5.74) is 1.26. The van der Waals surface area contributed by atoms with Crippen LogP contribution in [0.4, 0.5) is 10.3 Å². The van der Waals surface area contributed by atoms with E-state index in [0.29, 0.717) is 17.8 Å². The van der Waals surface area contributed by atoms with Crippen molar-refractivity contribution >= 4 is 17.3 Å². The molecule has 2 aromatic heterocycles. The van der Waals surface area contributed by atoms with E-state index in [1.54, 1.807) is 11.3 Å². The summed E-state index contributed by atoms with van der Waals surface area (Å²) in [7, 11) is 0. The average Bonchev–Trinajstić information content (AvgIpc) is 2.97. The molecule has 7 heteroatoms. The molecule has 3 aliphatic rings. The second kappa shape index (κ2) is 5.21.